The van der Waals surface area contributed by atoms with Gasteiger partial charge in [0.05, 0.1) is 5.71 Å². The summed E-state index contributed by atoms with van der Waals surface area (Å²) in [5, 5.41) is 9.45. The van der Waals surface area contributed by atoms with E-state index < -0.39 is 0 Å². The Labute approximate surface area is 120 Å². The third-order valence-electron chi connectivity index (χ3n) is 2.31. The summed E-state index contributed by atoms with van der Waals surface area (Å²) in [7, 11) is 0. The van der Waals surface area contributed by atoms with Gasteiger partial charge in [0.15, 0.2) is 5.11 Å². The summed E-state index contributed by atoms with van der Waals surface area (Å²) in [5.41, 5.74) is 4.33. The minimum atomic E-state index is -0.281. The van der Waals surface area contributed by atoms with Crippen LogP contribution in [0.3, 0.4) is 0 Å². The first-order chi connectivity index (χ1) is 9.15. The lowest BCUT2D eigenvalue weighted by Crippen LogP contribution is -2.24. The van der Waals surface area contributed by atoms with Gasteiger partial charge in [-0.25, -0.2) is 4.39 Å². The van der Waals surface area contributed by atoms with Gasteiger partial charge in [0.2, 0.25) is 0 Å². The molecule has 1 aromatic heterocycles. The average Bonchev–Trinajstić information content (AvgIpc) is 2.93. The molecule has 0 unspecified atom stereocenters. The third kappa shape index (κ3) is 4.11. The molecule has 0 aliphatic rings. The zero-order valence-electron chi connectivity index (χ0n) is 10.2. The molecule has 1 heterocycles. The topological polar surface area (TPSA) is 36.4 Å². The van der Waals surface area contributed by atoms with Gasteiger partial charge in [0.25, 0.3) is 0 Å². The number of anilines is 1. The van der Waals surface area contributed by atoms with Crippen LogP contribution >= 0.6 is 23.6 Å². The van der Waals surface area contributed by atoms with Crippen LogP contribution < -0.4 is 10.7 Å². The van der Waals surface area contributed by atoms with Crippen LogP contribution in [0, 0.1) is 5.82 Å². The zero-order valence-corrected chi connectivity index (χ0v) is 11.8. The van der Waals surface area contributed by atoms with Crippen molar-refractivity contribution in [2.45, 2.75) is 6.92 Å². The fraction of sp³-hybridized carbons (Fsp3) is 0.0769. The van der Waals surface area contributed by atoms with Gasteiger partial charge < -0.3 is 5.32 Å². The second-order valence-corrected chi connectivity index (χ2v) is 5.10. The van der Waals surface area contributed by atoms with Gasteiger partial charge in [-0.05, 0) is 54.9 Å². The maximum Gasteiger partial charge on any atom is 0.191 e. The van der Waals surface area contributed by atoms with Crippen molar-refractivity contribution in [2.75, 3.05) is 5.32 Å². The minimum Gasteiger partial charge on any atom is -0.331 e. The van der Waals surface area contributed by atoms with Crippen molar-refractivity contribution in [2.24, 2.45) is 5.10 Å². The Morgan fingerprint density at radius 3 is 2.63 bits per heavy atom. The molecule has 19 heavy (non-hydrogen) atoms. The summed E-state index contributed by atoms with van der Waals surface area (Å²) in [6.07, 6.45) is 0. The van der Waals surface area contributed by atoms with Crippen LogP contribution in [0.4, 0.5) is 10.1 Å². The summed E-state index contributed by atoms with van der Waals surface area (Å²) in [5.74, 6) is -0.281. The molecule has 6 heteroatoms. The van der Waals surface area contributed by atoms with Gasteiger partial charge in [-0.2, -0.15) is 5.10 Å². The van der Waals surface area contributed by atoms with Crippen molar-refractivity contribution in [3.63, 3.8) is 0 Å². The van der Waals surface area contributed by atoms with Crippen molar-refractivity contribution in [3.05, 3.63) is 52.5 Å². The first-order valence-electron chi connectivity index (χ1n) is 5.56. The molecule has 98 valence electrons. The highest BCUT2D eigenvalue weighted by molar-refractivity contribution is 7.80. The van der Waals surface area contributed by atoms with Gasteiger partial charge in [-0.1, -0.05) is 6.07 Å². The number of thiocarbonyl (C=S) groups is 1. The predicted octanol–water partition coefficient (Wildman–Crippen LogP) is 3.60. The largest absolute Gasteiger partial charge is 0.331 e. The predicted molar refractivity (Wildman–Crippen MR) is 82.3 cm³/mol. The summed E-state index contributed by atoms with van der Waals surface area (Å²) >= 11 is 6.71. The minimum absolute atomic E-state index is 0.281. The number of thiophene rings is 1. The number of hydrogen-bond acceptors (Lipinski definition) is 3. The van der Waals surface area contributed by atoms with E-state index in [0.717, 1.165) is 10.6 Å². The van der Waals surface area contributed by atoms with E-state index in [2.05, 4.69) is 15.8 Å². The lowest BCUT2D eigenvalue weighted by molar-refractivity contribution is 0.628. The molecule has 0 saturated heterocycles. The van der Waals surface area contributed by atoms with Crippen LogP contribution in [0.2, 0.25) is 0 Å². The van der Waals surface area contributed by atoms with Gasteiger partial charge in [0, 0.05) is 10.6 Å². The normalized spacial score (nSPS) is 11.2. The highest BCUT2D eigenvalue weighted by Crippen LogP contribution is 2.10. The number of benzene rings is 1. The average molecular weight is 293 g/mol. The van der Waals surface area contributed by atoms with Gasteiger partial charge in [-0.15, -0.1) is 11.3 Å². The van der Waals surface area contributed by atoms with Crippen molar-refractivity contribution in [1.29, 1.82) is 0 Å². The smallest absolute Gasteiger partial charge is 0.191 e. The highest BCUT2D eigenvalue weighted by Gasteiger charge is 2.00. The van der Waals surface area contributed by atoms with E-state index in [9.17, 15) is 4.39 Å². The van der Waals surface area contributed by atoms with Crippen LogP contribution in [0.5, 0.6) is 0 Å². The SMILES string of the molecule is C/C(=N\NC(=S)Nc1ccc(F)cc1)c1cccs1. The quantitative estimate of drug-likeness (QED) is 0.516. The van der Waals surface area contributed by atoms with Crippen molar-refractivity contribution >= 4 is 40.1 Å². The molecule has 0 atom stereocenters. The van der Waals surface area contributed by atoms with Crippen LogP contribution in [0.25, 0.3) is 0 Å². The van der Waals surface area contributed by atoms with Crippen molar-refractivity contribution in [3.8, 4) is 0 Å². The molecule has 0 aliphatic heterocycles. The van der Waals surface area contributed by atoms with Gasteiger partial charge in [-0.3, -0.25) is 5.43 Å². The van der Waals surface area contributed by atoms with E-state index in [1.54, 1.807) is 23.5 Å². The molecule has 0 saturated carbocycles. The molecule has 0 radical (unpaired) electrons. The monoisotopic (exact) mass is 293 g/mol. The summed E-state index contributed by atoms with van der Waals surface area (Å²) < 4.78 is 12.7. The molecule has 0 spiro atoms. The zero-order chi connectivity index (χ0) is 13.7. The lowest BCUT2D eigenvalue weighted by atomic mass is 10.3. The van der Waals surface area contributed by atoms with Crippen LogP contribution in [-0.2, 0) is 0 Å². The second-order valence-electron chi connectivity index (χ2n) is 3.75. The maximum absolute atomic E-state index is 12.7. The molecule has 0 amide bonds. The van der Waals surface area contributed by atoms with Crippen LogP contribution in [0.15, 0.2) is 46.9 Å². The number of nitrogens with one attached hydrogen (secondary N) is 2. The number of rotatable bonds is 3. The third-order valence-corrected chi connectivity index (χ3v) is 3.48. The summed E-state index contributed by atoms with van der Waals surface area (Å²) in [6.45, 7) is 1.90. The molecular formula is C13H12FN3S2. The fourth-order valence-electron chi connectivity index (χ4n) is 1.37. The number of halogens is 1. The molecule has 0 fully saturated rings. The van der Waals surface area contributed by atoms with E-state index in [4.69, 9.17) is 12.2 Å². The highest BCUT2D eigenvalue weighted by atomic mass is 32.1. The Balaban J connectivity index is 1.91. The van der Waals surface area contributed by atoms with E-state index in [0.29, 0.717) is 10.8 Å². The molecule has 0 aliphatic carbocycles. The second kappa shape index (κ2) is 6.40. The number of nitrogens with zero attached hydrogens (tertiary/aromatic N) is 1. The Morgan fingerprint density at radius 2 is 2.00 bits per heavy atom. The van der Waals surface area contributed by atoms with Crippen LogP contribution in [0.1, 0.15) is 11.8 Å². The molecule has 2 N–H and O–H groups in total. The van der Waals surface area contributed by atoms with Gasteiger partial charge >= 0.3 is 0 Å². The summed E-state index contributed by atoms with van der Waals surface area (Å²) in [6, 6.07) is 9.91. The fourth-order valence-corrected chi connectivity index (χ4v) is 2.21. The molecule has 0 bridgehead atoms. The van der Waals surface area contributed by atoms with E-state index >= 15 is 0 Å². The van der Waals surface area contributed by atoms with Crippen molar-refractivity contribution < 1.29 is 4.39 Å². The van der Waals surface area contributed by atoms with Crippen LogP contribution in [-0.4, -0.2) is 10.8 Å². The van der Waals surface area contributed by atoms with Gasteiger partial charge in [0.1, 0.15) is 5.82 Å². The van der Waals surface area contributed by atoms with E-state index in [1.807, 2.05) is 24.4 Å². The van der Waals surface area contributed by atoms with Crippen molar-refractivity contribution in [1.82, 2.24) is 5.43 Å². The number of hydrogen-bond donors (Lipinski definition) is 2. The first-order valence-corrected chi connectivity index (χ1v) is 6.84. The van der Waals surface area contributed by atoms with E-state index in [1.165, 1.54) is 12.1 Å². The number of hydrazone groups is 1. The molecule has 3 nitrogen and oxygen atoms in total. The Bertz CT molecular complexity index is 576. The molecule has 2 aromatic rings. The Morgan fingerprint density at radius 1 is 1.26 bits per heavy atom. The standard InChI is InChI=1S/C13H12FN3S2/c1-9(12-3-2-8-19-12)16-17-13(18)15-11-6-4-10(14)5-7-11/h2-8H,1H3,(H2,15,17,18)/b16-9+. The van der Waals surface area contributed by atoms with E-state index in [-0.39, 0.29) is 5.82 Å². The lowest BCUT2D eigenvalue weighted by Gasteiger charge is -2.07. The maximum atomic E-state index is 12.7. The first kappa shape index (κ1) is 13.6. The Kier molecular flexibility index (Phi) is 4.59. The molecule has 1 aromatic carbocycles. The summed E-state index contributed by atoms with van der Waals surface area (Å²) in [4.78, 5) is 1.08. The molecular weight excluding hydrogens is 281 g/mol. The molecule has 2 rings (SSSR count). The Hall–Kier alpha value is -1.79.